The summed E-state index contributed by atoms with van der Waals surface area (Å²) >= 11 is 0. The zero-order valence-electron chi connectivity index (χ0n) is 13.2. The molecule has 1 aromatic heterocycles. The predicted molar refractivity (Wildman–Crippen MR) is 82.3 cm³/mol. The van der Waals surface area contributed by atoms with Crippen LogP contribution in [-0.4, -0.2) is 27.9 Å². The maximum absolute atomic E-state index is 12.7. The van der Waals surface area contributed by atoms with E-state index in [1.165, 1.54) is 24.5 Å². The van der Waals surface area contributed by atoms with Gasteiger partial charge in [0.1, 0.15) is 5.69 Å². The number of allylic oxidation sites excluding steroid dienone is 1. The number of pyridine rings is 1. The van der Waals surface area contributed by atoms with Crippen LogP contribution in [0.2, 0.25) is 0 Å². The number of carbonyl (C=O) groups excluding carboxylic acids is 1. The molecule has 0 aromatic carbocycles. The van der Waals surface area contributed by atoms with Gasteiger partial charge in [-0.15, -0.1) is 0 Å². The predicted octanol–water partition coefficient (Wildman–Crippen LogP) is 4.20. The first-order valence-electron chi connectivity index (χ1n) is 8.47. The third kappa shape index (κ3) is 2.94. The number of carbonyl (C=O) groups is 1. The van der Waals surface area contributed by atoms with Crippen LogP contribution in [0.25, 0.3) is 0 Å². The summed E-state index contributed by atoms with van der Waals surface area (Å²) in [5.41, 5.74) is 0.740. The molecule has 0 N–H and O–H groups in total. The van der Waals surface area contributed by atoms with Gasteiger partial charge in [0.05, 0.1) is 5.56 Å². The summed E-state index contributed by atoms with van der Waals surface area (Å²) in [6.45, 7) is 0. The fourth-order valence-electron chi connectivity index (χ4n) is 3.95. The van der Waals surface area contributed by atoms with Gasteiger partial charge < -0.3 is 4.90 Å². The lowest BCUT2D eigenvalue weighted by atomic mass is 9.94. The zero-order chi connectivity index (χ0) is 16.9. The molecule has 1 saturated carbocycles. The van der Waals surface area contributed by atoms with Crippen LogP contribution in [0.1, 0.15) is 54.6 Å². The molecule has 1 aromatic rings. The van der Waals surface area contributed by atoms with Crippen molar-refractivity contribution >= 4 is 5.91 Å². The number of rotatable bonds is 2. The van der Waals surface area contributed by atoms with Crippen molar-refractivity contribution in [3.63, 3.8) is 0 Å². The van der Waals surface area contributed by atoms with Gasteiger partial charge in [0.15, 0.2) is 0 Å². The lowest BCUT2D eigenvalue weighted by Gasteiger charge is -2.36. The van der Waals surface area contributed by atoms with E-state index >= 15 is 0 Å². The van der Waals surface area contributed by atoms with E-state index in [0.717, 1.165) is 43.9 Å². The second kappa shape index (κ2) is 5.60. The highest BCUT2D eigenvalue weighted by Gasteiger charge is 2.42. The molecule has 3 nitrogen and oxygen atoms in total. The topological polar surface area (TPSA) is 33.2 Å². The van der Waals surface area contributed by atoms with Gasteiger partial charge in [-0.05, 0) is 56.6 Å². The molecule has 1 amide bonds. The van der Waals surface area contributed by atoms with E-state index in [1.807, 2.05) is 4.90 Å². The molecule has 3 heterocycles. The quantitative estimate of drug-likeness (QED) is 0.758. The van der Waals surface area contributed by atoms with E-state index in [2.05, 4.69) is 11.1 Å². The molecule has 2 saturated heterocycles. The highest BCUT2D eigenvalue weighted by molar-refractivity contribution is 5.94. The maximum atomic E-state index is 12.7. The number of aromatic nitrogens is 1. The van der Waals surface area contributed by atoms with Gasteiger partial charge in [0.2, 0.25) is 0 Å². The monoisotopic (exact) mass is 336 g/mol. The fourth-order valence-corrected chi connectivity index (χ4v) is 3.95. The molecule has 3 aliphatic rings. The summed E-state index contributed by atoms with van der Waals surface area (Å²) in [5, 5.41) is 0. The van der Waals surface area contributed by atoms with Gasteiger partial charge in [0.25, 0.3) is 5.91 Å². The van der Waals surface area contributed by atoms with Crippen LogP contribution in [-0.2, 0) is 6.18 Å². The van der Waals surface area contributed by atoms with Crippen molar-refractivity contribution in [2.75, 3.05) is 0 Å². The Morgan fingerprint density at radius 3 is 2.29 bits per heavy atom. The van der Waals surface area contributed by atoms with Crippen molar-refractivity contribution in [3.8, 4) is 0 Å². The largest absolute Gasteiger partial charge is 0.433 e. The second-order valence-corrected chi connectivity index (χ2v) is 7.10. The lowest BCUT2D eigenvalue weighted by molar-refractivity contribution is -0.141. The van der Waals surface area contributed by atoms with Gasteiger partial charge in [-0.2, -0.15) is 13.2 Å². The maximum Gasteiger partial charge on any atom is 0.433 e. The zero-order valence-corrected chi connectivity index (χ0v) is 13.2. The Labute approximate surface area is 138 Å². The van der Waals surface area contributed by atoms with E-state index in [0.29, 0.717) is 0 Å². The standard InChI is InChI=1S/C18H19F3N2O/c19-18(20,21)16-6-3-13(10-22-16)17(24)23-14-4-5-15(23)9-12(8-14)7-11-1-2-11/h3,6-7,10-11,14-15H,1-2,4-5,8-9H2. The molecule has 2 bridgehead atoms. The fraction of sp³-hybridized carbons (Fsp3) is 0.556. The molecular formula is C18H19F3N2O. The summed E-state index contributed by atoms with van der Waals surface area (Å²) in [7, 11) is 0. The van der Waals surface area contributed by atoms with Crippen LogP contribution in [0.15, 0.2) is 30.0 Å². The Morgan fingerprint density at radius 2 is 1.79 bits per heavy atom. The number of fused-ring (bicyclic) bond motifs is 2. The van der Waals surface area contributed by atoms with Gasteiger partial charge >= 0.3 is 6.18 Å². The van der Waals surface area contributed by atoms with Crippen molar-refractivity contribution in [1.29, 1.82) is 0 Å². The van der Waals surface area contributed by atoms with Crippen LogP contribution >= 0.6 is 0 Å². The highest BCUT2D eigenvalue weighted by atomic mass is 19.4. The Bertz CT molecular complexity index is 660. The Morgan fingerprint density at radius 1 is 1.12 bits per heavy atom. The van der Waals surface area contributed by atoms with Crippen LogP contribution < -0.4 is 0 Å². The molecule has 0 radical (unpaired) electrons. The average Bonchev–Trinajstić information content (AvgIpc) is 3.31. The number of alkyl halides is 3. The van der Waals surface area contributed by atoms with E-state index in [1.54, 1.807) is 0 Å². The van der Waals surface area contributed by atoms with E-state index < -0.39 is 11.9 Å². The lowest BCUT2D eigenvalue weighted by Crippen LogP contribution is -2.44. The van der Waals surface area contributed by atoms with Crippen LogP contribution in [0.5, 0.6) is 0 Å². The van der Waals surface area contributed by atoms with Gasteiger partial charge in [-0.1, -0.05) is 11.6 Å². The summed E-state index contributed by atoms with van der Waals surface area (Å²) in [6, 6.07) is 2.50. The van der Waals surface area contributed by atoms with E-state index in [-0.39, 0.29) is 23.6 Å². The molecule has 2 unspecified atom stereocenters. The molecule has 2 atom stereocenters. The summed E-state index contributed by atoms with van der Waals surface area (Å²) in [5.74, 6) is 0.551. The van der Waals surface area contributed by atoms with Gasteiger partial charge in [0, 0.05) is 18.3 Å². The molecule has 128 valence electrons. The summed E-state index contributed by atoms with van der Waals surface area (Å²) in [6.07, 6.45) is 5.29. The summed E-state index contributed by atoms with van der Waals surface area (Å²) in [4.78, 5) is 18.0. The van der Waals surface area contributed by atoms with Crippen molar-refractivity contribution in [3.05, 3.63) is 41.2 Å². The Balaban J connectivity index is 1.51. The second-order valence-electron chi connectivity index (χ2n) is 7.10. The average molecular weight is 336 g/mol. The van der Waals surface area contributed by atoms with Crippen LogP contribution in [0.4, 0.5) is 13.2 Å². The minimum atomic E-state index is -4.48. The van der Waals surface area contributed by atoms with E-state index in [4.69, 9.17) is 0 Å². The van der Waals surface area contributed by atoms with Crippen molar-refractivity contribution in [2.45, 2.75) is 56.8 Å². The third-order valence-corrected chi connectivity index (χ3v) is 5.24. The minimum Gasteiger partial charge on any atom is -0.332 e. The number of hydrogen-bond donors (Lipinski definition) is 0. The molecule has 0 spiro atoms. The number of piperidine rings is 1. The molecule has 6 heteroatoms. The normalized spacial score (nSPS) is 26.6. The first-order valence-corrected chi connectivity index (χ1v) is 8.47. The number of amides is 1. The summed E-state index contributed by atoms with van der Waals surface area (Å²) < 4.78 is 37.8. The number of halogens is 3. The molecule has 3 fully saturated rings. The minimum absolute atomic E-state index is 0.184. The first-order chi connectivity index (χ1) is 11.4. The van der Waals surface area contributed by atoms with Crippen molar-refractivity contribution in [1.82, 2.24) is 9.88 Å². The number of nitrogens with zero attached hydrogens (tertiary/aromatic N) is 2. The van der Waals surface area contributed by atoms with Crippen LogP contribution in [0.3, 0.4) is 0 Å². The van der Waals surface area contributed by atoms with Gasteiger partial charge in [-0.25, -0.2) is 0 Å². The van der Waals surface area contributed by atoms with Crippen molar-refractivity contribution in [2.24, 2.45) is 5.92 Å². The Kier molecular flexibility index (Phi) is 3.66. The molecular weight excluding hydrogens is 317 g/mol. The molecule has 2 aliphatic heterocycles. The number of hydrogen-bond acceptors (Lipinski definition) is 2. The Hall–Kier alpha value is -1.85. The van der Waals surface area contributed by atoms with Gasteiger partial charge in [-0.3, -0.25) is 9.78 Å². The van der Waals surface area contributed by atoms with Crippen molar-refractivity contribution < 1.29 is 18.0 Å². The molecule has 4 rings (SSSR count). The third-order valence-electron chi connectivity index (χ3n) is 5.24. The molecule has 24 heavy (non-hydrogen) atoms. The first kappa shape index (κ1) is 15.7. The smallest absolute Gasteiger partial charge is 0.332 e. The van der Waals surface area contributed by atoms with E-state index in [9.17, 15) is 18.0 Å². The van der Waals surface area contributed by atoms with Crippen LogP contribution in [0, 0.1) is 5.92 Å². The molecule has 1 aliphatic carbocycles. The SMILES string of the molecule is O=C(c1ccc(C(F)(F)F)nc1)N1C2CCC1CC(=CC1CC1)C2. The highest BCUT2D eigenvalue weighted by Crippen LogP contribution is 2.42.